The van der Waals surface area contributed by atoms with Gasteiger partial charge in [0.25, 0.3) is 0 Å². The predicted molar refractivity (Wildman–Crippen MR) is 78.8 cm³/mol. The summed E-state index contributed by atoms with van der Waals surface area (Å²) in [6.45, 7) is 0. The highest BCUT2D eigenvalue weighted by molar-refractivity contribution is 5.61. The summed E-state index contributed by atoms with van der Waals surface area (Å²) in [7, 11) is 1.69. The summed E-state index contributed by atoms with van der Waals surface area (Å²) in [4.78, 5) is 0. The number of aliphatic hydroxyl groups is 1. The molecular formula is C18H20O3. The Balaban J connectivity index is 1.84. The maximum absolute atomic E-state index is 10.5. The number of hydrogen-bond acceptors (Lipinski definition) is 3. The quantitative estimate of drug-likeness (QED) is 0.806. The van der Waals surface area contributed by atoms with Gasteiger partial charge in [0.15, 0.2) is 11.5 Å². The van der Waals surface area contributed by atoms with Crippen LogP contribution in [-0.2, 0) is 11.8 Å². The number of benzene rings is 1. The highest BCUT2D eigenvalue weighted by atomic mass is 16.5. The molecule has 4 aliphatic rings. The van der Waals surface area contributed by atoms with E-state index < -0.39 is 6.10 Å². The van der Waals surface area contributed by atoms with E-state index in [-0.39, 0.29) is 11.5 Å². The van der Waals surface area contributed by atoms with Gasteiger partial charge in [-0.25, -0.2) is 0 Å². The zero-order valence-electron chi connectivity index (χ0n) is 12.2. The normalized spacial score (nSPS) is 41.4. The predicted octanol–water partition coefficient (Wildman–Crippen LogP) is 2.60. The summed E-state index contributed by atoms with van der Waals surface area (Å²) in [5.74, 6) is 2.92. The second-order valence-corrected chi connectivity index (χ2v) is 6.97. The van der Waals surface area contributed by atoms with Gasteiger partial charge < -0.3 is 14.6 Å². The van der Waals surface area contributed by atoms with Crippen molar-refractivity contribution < 1.29 is 14.6 Å². The van der Waals surface area contributed by atoms with Crippen molar-refractivity contribution in [2.75, 3.05) is 7.11 Å². The van der Waals surface area contributed by atoms with Crippen molar-refractivity contribution in [2.45, 2.75) is 43.3 Å². The Labute approximate surface area is 124 Å². The monoisotopic (exact) mass is 284 g/mol. The third-order valence-electron chi connectivity index (χ3n) is 6.22. The van der Waals surface area contributed by atoms with Crippen LogP contribution in [0.1, 0.15) is 30.4 Å². The van der Waals surface area contributed by atoms with Crippen LogP contribution in [0.25, 0.3) is 0 Å². The molecule has 5 atom stereocenters. The molecule has 1 heterocycles. The first-order valence-corrected chi connectivity index (χ1v) is 7.99. The molecule has 110 valence electrons. The van der Waals surface area contributed by atoms with Crippen LogP contribution >= 0.6 is 0 Å². The van der Waals surface area contributed by atoms with Crippen molar-refractivity contribution in [1.29, 1.82) is 0 Å². The minimum Gasteiger partial charge on any atom is -0.493 e. The van der Waals surface area contributed by atoms with Crippen LogP contribution in [0.4, 0.5) is 0 Å². The molecule has 0 amide bonds. The maximum Gasteiger partial charge on any atom is 0.165 e. The van der Waals surface area contributed by atoms with Crippen LogP contribution < -0.4 is 9.47 Å². The summed E-state index contributed by atoms with van der Waals surface area (Å²) in [6, 6.07) is 4.24. The first-order valence-electron chi connectivity index (χ1n) is 7.99. The van der Waals surface area contributed by atoms with Crippen LogP contribution in [0.15, 0.2) is 24.3 Å². The molecule has 1 aliphatic heterocycles. The third kappa shape index (κ3) is 1.25. The number of hydrogen-bond donors (Lipinski definition) is 1. The van der Waals surface area contributed by atoms with Gasteiger partial charge in [-0.15, -0.1) is 0 Å². The molecule has 21 heavy (non-hydrogen) atoms. The van der Waals surface area contributed by atoms with Crippen LogP contribution in [0, 0.1) is 11.8 Å². The third-order valence-corrected chi connectivity index (χ3v) is 6.22. The summed E-state index contributed by atoms with van der Waals surface area (Å²) >= 11 is 0. The SMILES string of the molecule is COc1ccc2c3c1O[C@H]1[C@@H](O)C=C[C@H]4[C@H](CCC[C@@]341)C2. The summed E-state index contributed by atoms with van der Waals surface area (Å²) in [5.41, 5.74) is 2.74. The molecule has 1 saturated carbocycles. The van der Waals surface area contributed by atoms with Crippen molar-refractivity contribution in [3.63, 3.8) is 0 Å². The Bertz CT molecular complexity index is 650. The number of allylic oxidation sites excluding steroid dienone is 1. The van der Waals surface area contributed by atoms with Gasteiger partial charge >= 0.3 is 0 Å². The molecule has 0 radical (unpaired) electrons. The van der Waals surface area contributed by atoms with Crippen LogP contribution in [0.5, 0.6) is 11.5 Å². The minimum atomic E-state index is -0.511. The number of methoxy groups -OCH3 is 1. The Hall–Kier alpha value is -1.48. The van der Waals surface area contributed by atoms with E-state index in [0.717, 1.165) is 24.3 Å². The highest BCUT2D eigenvalue weighted by Crippen LogP contribution is 2.64. The first kappa shape index (κ1) is 12.1. The van der Waals surface area contributed by atoms with E-state index in [2.05, 4.69) is 12.1 Å². The fraction of sp³-hybridized carbons (Fsp3) is 0.556. The molecule has 1 N–H and O–H groups in total. The molecule has 1 spiro atoms. The van der Waals surface area contributed by atoms with E-state index in [4.69, 9.17) is 9.47 Å². The largest absolute Gasteiger partial charge is 0.493 e. The number of ether oxygens (including phenoxy) is 2. The Morgan fingerprint density at radius 2 is 2.24 bits per heavy atom. The standard InChI is InChI=1S/C18H20O3/c1-20-14-7-4-11-9-10-3-2-8-18-12(10)5-6-13(19)17(18)21-16(14)15(11)18/h4-7,10,12-13,17,19H,2-3,8-9H2,1H3/t10-,12+,13+,17+,18+/m1/s1. The second-order valence-electron chi connectivity index (χ2n) is 6.97. The highest BCUT2D eigenvalue weighted by Gasteiger charge is 2.63. The number of aliphatic hydroxyl groups excluding tert-OH is 1. The van der Waals surface area contributed by atoms with E-state index >= 15 is 0 Å². The second kappa shape index (κ2) is 3.83. The summed E-state index contributed by atoms with van der Waals surface area (Å²) in [5, 5.41) is 10.5. The zero-order valence-corrected chi connectivity index (χ0v) is 12.2. The lowest BCUT2D eigenvalue weighted by Gasteiger charge is -2.53. The van der Waals surface area contributed by atoms with Gasteiger partial charge in [0.2, 0.25) is 0 Å². The van der Waals surface area contributed by atoms with Crippen molar-refractivity contribution in [3.05, 3.63) is 35.4 Å². The molecule has 0 aromatic heterocycles. The van der Waals surface area contributed by atoms with Gasteiger partial charge in [0.05, 0.1) is 7.11 Å². The zero-order chi connectivity index (χ0) is 14.2. The average Bonchev–Trinajstić information content (AvgIpc) is 2.83. The first-order chi connectivity index (χ1) is 10.3. The lowest BCUT2D eigenvalue weighted by molar-refractivity contribution is -0.0272. The smallest absolute Gasteiger partial charge is 0.165 e. The molecule has 0 unspecified atom stereocenters. The Morgan fingerprint density at radius 1 is 1.33 bits per heavy atom. The van der Waals surface area contributed by atoms with Crippen molar-refractivity contribution in [3.8, 4) is 11.5 Å². The molecule has 1 aromatic rings. The van der Waals surface area contributed by atoms with E-state index in [1.807, 2.05) is 12.1 Å². The summed E-state index contributed by atoms with van der Waals surface area (Å²) in [6.07, 6.45) is 8.35. The molecule has 1 aromatic carbocycles. The van der Waals surface area contributed by atoms with E-state index in [9.17, 15) is 5.11 Å². The van der Waals surface area contributed by atoms with Crippen molar-refractivity contribution >= 4 is 0 Å². The van der Waals surface area contributed by atoms with Gasteiger partial charge in [-0.05, 0) is 42.7 Å². The summed E-state index contributed by atoms with van der Waals surface area (Å²) < 4.78 is 11.8. The lowest BCUT2D eigenvalue weighted by atomic mass is 9.50. The molecule has 3 heteroatoms. The Kier molecular flexibility index (Phi) is 2.21. The molecule has 5 rings (SSSR count). The number of rotatable bonds is 1. The van der Waals surface area contributed by atoms with Gasteiger partial charge in [0, 0.05) is 11.0 Å². The average molecular weight is 284 g/mol. The maximum atomic E-state index is 10.5. The van der Waals surface area contributed by atoms with Gasteiger partial charge in [-0.3, -0.25) is 0 Å². The van der Waals surface area contributed by atoms with Crippen LogP contribution in [0.2, 0.25) is 0 Å². The molecule has 3 aliphatic carbocycles. The fourth-order valence-electron chi connectivity index (χ4n) is 5.53. The Morgan fingerprint density at radius 3 is 3.10 bits per heavy atom. The fourth-order valence-corrected chi connectivity index (χ4v) is 5.53. The van der Waals surface area contributed by atoms with Crippen LogP contribution in [-0.4, -0.2) is 24.4 Å². The molecular weight excluding hydrogens is 264 g/mol. The van der Waals surface area contributed by atoms with E-state index in [0.29, 0.717) is 11.8 Å². The van der Waals surface area contributed by atoms with E-state index in [1.54, 1.807) is 7.11 Å². The molecule has 0 saturated heterocycles. The minimum absolute atomic E-state index is 0.0193. The topological polar surface area (TPSA) is 38.7 Å². The van der Waals surface area contributed by atoms with Crippen LogP contribution in [0.3, 0.4) is 0 Å². The van der Waals surface area contributed by atoms with Gasteiger partial charge in [-0.2, -0.15) is 0 Å². The van der Waals surface area contributed by atoms with Crippen molar-refractivity contribution in [1.82, 2.24) is 0 Å². The van der Waals surface area contributed by atoms with Gasteiger partial charge in [-0.1, -0.05) is 24.6 Å². The van der Waals surface area contributed by atoms with Crippen molar-refractivity contribution in [2.24, 2.45) is 11.8 Å². The molecule has 2 bridgehead atoms. The lowest BCUT2D eigenvalue weighted by Crippen LogP contribution is -2.57. The molecule has 3 nitrogen and oxygen atoms in total. The molecule has 1 fully saturated rings. The van der Waals surface area contributed by atoms with Gasteiger partial charge in [0.1, 0.15) is 12.2 Å². The van der Waals surface area contributed by atoms with E-state index in [1.165, 1.54) is 24.0 Å².